The van der Waals surface area contributed by atoms with E-state index < -0.39 is 6.16 Å². The normalized spacial score (nSPS) is 17.3. The number of likely N-dealkylation sites (tertiary alicyclic amines) is 1. The van der Waals surface area contributed by atoms with Gasteiger partial charge >= 0.3 is 6.16 Å². The fraction of sp³-hybridized carbons (Fsp3) is 0.375. The highest BCUT2D eigenvalue weighted by Gasteiger charge is 2.21. The number of hydrogen-bond donors (Lipinski definition) is 3. The number of aromatic nitrogens is 1. The number of rotatable bonds is 7. The number of carboxylic acid groups (broad SMARTS) is 1. The maximum Gasteiger partial charge on any atom is 0.511 e. The first kappa shape index (κ1) is 20.3. The van der Waals surface area contributed by atoms with E-state index >= 15 is 0 Å². The van der Waals surface area contributed by atoms with Crippen LogP contribution in [-0.2, 0) is 6.42 Å². The van der Waals surface area contributed by atoms with Crippen molar-refractivity contribution in [1.29, 1.82) is 0 Å². The van der Waals surface area contributed by atoms with Crippen molar-refractivity contribution in [2.75, 3.05) is 19.6 Å². The summed E-state index contributed by atoms with van der Waals surface area (Å²) in [6.07, 6.45) is 6.21. The molecule has 2 heterocycles. The zero-order valence-corrected chi connectivity index (χ0v) is 17.0. The molecule has 1 aliphatic heterocycles. The molecule has 0 amide bonds. The van der Waals surface area contributed by atoms with Crippen molar-refractivity contribution in [3.05, 3.63) is 59.8 Å². The summed E-state index contributed by atoms with van der Waals surface area (Å²) in [6.45, 7) is 3.26. The topological polar surface area (TPSA) is 85.8 Å². The molecule has 0 bridgehead atoms. The van der Waals surface area contributed by atoms with Gasteiger partial charge in [-0.2, -0.15) is 0 Å². The van der Waals surface area contributed by atoms with Gasteiger partial charge in [0, 0.05) is 23.6 Å². The number of phenols is 1. The largest absolute Gasteiger partial charge is 0.511 e. The van der Waals surface area contributed by atoms with Gasteiger partial charge in [0.2, 0.25) is 0 Å². The average Bonchev–Trinajstić information content (AvgIpc) is 3.13. The Morgan fingerprint density at radius 2 is 2.10 bits per heavy atom. The van der Waals surface area contributed by atoms with Gasteiger partial charge in [0.1, 0.15) is 11.5 Å². The Bertz CT molecular complexity index is 1010. The summed E-state index contributed by atoms with van der Waals surface area (Å²) in [6, 6.07) is 13.0. The van der Waals surface area contributed by atoms with Crippen molar-refractivity contribution < 1.29 is 19.7 Å². The molecule has 3 aromatic rings. The van der Waals surface area contributed by atoms with E-state index in [0.717, 1.165) is 49.8 Å². The summed E-state index contributed by atoms with van der Waals surface area (Å²) in [4.78, 5) is 16.6. The number of phenolic OH excluding ortho intramolecular Hbond substituents is 1. The van der Waals surface area contributed by atoms with Gasteiger partial charge < -0.3 is 24.8 Å². The maximum atomic E-state index is 10.8. The third kappa shape index (κ3) is 4.94. The monoisotopic (exact) mass is 408 g/mol. The third-order valence-corrected chi connectivity index (χ3v) is 5.96. The number of aryl methyl sites for hydroxylation is 1. The van der Waals surface area contributed by atoms with Crippen LogP contribution in [0.25, 0.3) is 10.9 Å². The number of hydrogen-bond acceptors (Lipinski definition) is 4. The minimum absolute atomic E-state index is 0.347. The lowest BCUT2D eigenvalue weighted by Gasteiger charge is -2.33. The van der Waals surface area contributed by atoms with Gasteiger partial charge in [-0.05, 0) is 92.6 Å². The minimum Gasteiger partial charge on any atom is -0.508 e. The van der Waals surface area contributed by atoms with Crippen LogP contribution in [0.1, 0.15) is 42.7 Å². The van der Waals surface area contributed by atoms with E-state index in [4.69, 9.17) is 9.84 Å². The van der Waals surface area contributed by atoms with Crippen LogP contribution in [0.5, 0.6) is 11.5 Å². The van der Waals surface area contributed by atoms with Crippen molar-refractivity contribution in [3.63, 3.8) is 0 Å². The third-order valence-electron chi connectivity index (χ3n) is 5.96. The number of carbonyl (C=O) groups is 1. The number of H-pyrrole nitrogens is 1. The molecule has 1 unspecified atom stereocenters. The summed E-state index contributed by atoms with van der Waals surface area (Å²) in [5.41, 5.74) is 3.42. The molecule has 6 nitrogen and oxygen atoms in total. The second-order valence-electron chi connectivity index (χ2n) is 8.08. The van der Waals surface area contributed by atoms with Gasteiger partial charge in [-0.1, -0.05) is 12.1 Å². The van der Waals surface area contributed by atoms with Crippen LogP contribution in [0.15, 0.2) is 48.7 Å². The lowest BCUT2D eigenvalue weighted by atomic mass is 9.90. The van der Waals surface area contributed by atoms with E-state index in [1.807, 2.05) is 24.4 Å². The Balaban J connectivity index is 1.29. The van der Waals surface area contributed by atoms with Crippen molar-refractivity contribution in [3.8, 4) is 11.5 Å². The molecule has 0 aliphatic carbocycles. The second-order valence-corrected chi connectivity index (χ2v) is 8.08. The number of fused-ring (bicyclic) bond motifs is 1. The predicted molar refractivity (Wildman–Crippen MR) is 116 cm³/mol. The Morgan fingerprint density at radius 3 is 2.93 bits per heavy atom. The number of benzene rings is 2. The molecule has 1 aromatic heterocycles. The smallest absolute Gasteiger partial charge is 0.508 e. The van der Waals surface area contributed by atoms with Crippen LogP contribution >= 0.6 is 0 Å². The first-order valence-electron chi connectivity index (χ1n) is 10.6. The van der Waals surface area contributed by atoms with Crippen LogP contribution < -0.4 is 4.74 Å². The number of nitrogens with one attached hydrogen (secondary N) is 1. The quantitative estimate of drug-likeness (QED) is 0.287. The van der Waals surface area contributed by atoms with Gasteiger partial charge in [-0.25, -0.2) is 4.79 Å². The predicted octanol–water partition coefficient (Wildman–Crippen LogP) is 5.13. The molecule has 4 rings (SSSR count). The van der Waals surface area contributed by atoms with Gasteiger partial charge in [0.25, 0.3) is 0 Å². The number of nitrogens with zero attached hydrogens (tertiary/aromatic N) is 1. The van der Waals surface area contributed by atoms with Crippen molar-refractivity contribution in [1.82, 2.24) is 9.88 Å². The molecule has 1 saturated heterocycles. The molecule has 2 aromatic carbocycles. The van der Waals surface area contributed by atoms with Crippen LogP contribution in [0.2, 0.25) is 0 Å². The molecule has 1 fully saturated rings. The summed E-state index contributed by atoms with van der Waals surface area (Å²) in [5, 5.41) is 19.6. The molecule has 30 heavy (non-hydrogen) atoms. The molecule has 158 valence electrons. The molecular formula is C24H28N2O4. The fourth-order valence-electron chi connectivity index (χ4n) is 4.49. The molecule has 0 saturated carbocycles. The molecule has 1 atom stereocenters. The molecule has 0 radical (unpaired) electrons. The number of unbranched alkanes of at least 4 members (excludes halogenated alkanes) is 1. The molecule has 1 aliphatic rings. The highest BCUT2D eigenvalue weighted by Crippen LogP contribution is 2.29. The lowest BCUT2D eigenvalue weighted by molar-refractivity contribution is 0.144. The van der Waals surface area contributed by atoms with Gasteiger partial charge in [-0.15, -0.1) is 0 Å². The Morgan fingerprint density at radius 1 is 1.20 bits per heavy atom. The molecular weight excluding hydrogens is 380 g/mol. The number of aromatic hydroxyl groups is 1. The number of piperidine rings is 1. The van der Waals surface area contributed by atoms with E-state index in [-0.39, 0.29) is 0 Å². The summed E-state index contributed by atoms with van der Waals surface area (Å²) < 4.78 is 4.79. The van der Waals surface area contributed by atoms with Crippen molar-refractivity contribution in [2.45, 2.75) is 38.0 Å². The number of ether oxygens (including phenoxy) is 1. The lowest BCUT2D eigenvalue weighted by Crippen LogP contribution is -2.35. The molecule has 6 heteroatoms. The maximum absolute atomic E-state index is 10.8. The molecule has 3 N–H and O–H groups in total. The van der Waals surface area contributed by atoms with Crippen LogP contribution in [0.4, 0.5) is 4.79 Å². The van der Waals surface area contributed by atoms with E-state index in [2.05, 4.69) is 16.0 Å². The Hall–Kier alpha value is -2.99. The van der Waals surface area contributed by atoms with E-state index in [1.54, 1.807) is 18.2 Å². The van der Waals surface area contributed by atoms with Crippen LogP contribution in [0, 0.1) is 0 Å². The fourth-order valence-corrected chi connectivity index (χ4v) is 4.49. The average molecular weight is 408 g/mol. The van der Waals surface area contributed by atoms with Gasteiger partial charge in [-0.3, -0.25) is 0 Å². The number of aromatic amines is 1. The zero-order valence-electron chi connectivity index (χ0n) is 17.0. The van der Waals surface area contributed by atoms with E-state index in [9.17, 15) is 9.90 Å². The highest BCUT2D eigenvalue weighted by atomic mass is 16.7. The Labute approximate surface area is 176 Å². The zero-order chi connectivity index (χ0) is 20.9. The van der Waals surface area contributed by atoms with Crippen LogP contribution in [-0.4, -0.2) is 45.9 Å². The highest BCUT2D eigenvalue weighted by molar-refractivity contribution is 5.85. The summed E-state index contributed by atoms with van der Waals surface area (Å²) >= 11 is 0. The summed E-state index contributed by atoms with van der Waals surface area (Å²) in [7, 11) is 0. The standard InChI is InChI=1S/C24H28N2O4/c27-20-8-3-6-17(13-20)19-7-4-12-26(16-19)11-2-1-5-18-15-25-23-10-9-21(14-22(18)23)30-24(28)29/h3,6,8-10,13-15,19,25,27H,1-2,4-5,7,11-12,16H2,(H,28,29). The van der Waals surface area contributed by atoms with Crippen molar-refractivity contribution in [2.24, 2.45) is 0 Å². The van der Waals surface area contributed by atoms with Crippen LogP contribution in [0.3, 0.4) is 0 Å². The van der Waals surface area contributed by atoms with Gasteiger partial charge in [0.15, 0.2) is 0 Å². The van der Waals surface area contributed by atoms with E-state index in [1.165, 1.54) is 24.0 Å². The molecule has 0 spiro atoms. The van der Waals surface area contributed by atoms with E-state index in [0.29, 0.717) is 17.4 Å². The SMILES string of the molecule is O=C(O)Oc1ccc2[nH]cc(CCCCN3CCCC(c4cccc(O)c4)C3)c2c1. The Kier molecular flexibility index (Phi) is 6.23. The second kappa shape index (κ2) is 9.22. The minimum atomic E-state index is -1.29. The van der Waals surface area contributed by atoms with Crippen molar-refractivity contribution >= 4 is 17.1 Å². The van der Waals surface area contributed by atoms with Gasteiger partial charge in [0.05, 0.1) is 0 Å². The first-order valence-corrected chi connectivity index (χ1v) is 10.6. The summed E-state index contributed by atoms with van der Waals surface area (Å²) in [5.74, 6) is 1.19. The first-order chi connectivity index (χ1) is 14.6.